The Morgan fingerprint density at radius 1 is 0.933 bits per heavy atom. The number of hydrogen-bond acceptors (Lipinski definition) is 7. The van der Waals surface area contributed by atoms with Crippen LogP contribution in [0.25, 0.3) is 22.4 Å². The molecule has 30 heavy (non-hydrogen) atoms. The number of aryl methyl sites for hydroxylation is 2. The van der Waals surface area contributed by atoms with E-state index in [1.807, 2.05) is 38.4 Å². The highest BCUT2D eigenvalue weighted by atomic mass is 16.5. The molecule has 0 unspecified atom stereocenters. The third-order valence-electron chi connectivity index (χ3n) is 4.74. The van der Waals surface area contributed by atoms with Gasteiger partial charge in [0.2, 0.25) is 5.88 Å². The van der Waals surface area contributed by atoms with E-state index in [4.69, 9.17) is 9.47 Å². The second-order valence-electron chi connectivity index (χ2n) is 6.91. The van der Waals surface area contributed by atoms with Crippen molar-refractivity contribution in [3.8, 4) is 34.3 Å². The third-order valence-corrected chi connectivity index (χ3v) is 4.74. The molecule has 0 saturated carbocycles. The van der Waals surface area contributed by atoms with Crippen LogP contribution in [0.15, 0.2) is 49.1 Å². The Morgan fingerprint density at radius 2 is 1.80 bits per heavy atom. The van der Waals surface area contributed by atoms with Crippen LogP contribution in [0.2, 0.25) is 0 Å². The zero-order valence-electron chi connectivity index (χ0n) is 17.3. The fourth-order valence-electron chi connectivity index (χ4n) is 3.13. The van der Waals surface area contributed by atoms with Crippen LogP contribution >= 0.6 is 0 Å². The van der Waals surface area contributed by atoms with Gasteiger partial charge in [0.25, 0.3) is 0 Å². The average molecular weight is 402 g/mol. The summed E-state index contributed by atoms with van der Waals surface area (Å²) < 4.78 is 12.6. The number of aromatic nitrogens is 6. The van der Waals surface area contributed by atoms with Crippen molar-refractivity contribution < 1.29 is 9.47 Å². The van der Waals surface area contributed by atoms with Gasteiger partial charge in [-0.15, -0.1) is 5.10 Å². The van der Waals surface area contributed by atoms with E-state index in [1.54, 1.807) is 13.3 Å². The second kappa shape index (κ2) is 8.28. The van der Waals surface area contributed by atoms with Gasteiger partial charge in [-0.1, -0.05) is 6.07 Å². The molecule has 152 valence electrons. The minimum atomic E-state index is 0.234. The van der Waals surface area contributed by atoms with Crippen molar-refractivity contribution in [3.63, 3.8) is 0 Å². The first-order valence-corrected chi connectivity index (χ1v) is 9.45. The second-order valence-corrected chi connectivity index (χ2v) is 6.91. The molecule has 0 saturated heterocycles. The van der Waals surface area contributed by atoms with Crippen LogP contribution in [0.4, 0.5) is 0 Å². The van der Waals surface area contributed by atoms with Crippen molar-refractivity contribution in [2.45, 2.75) is 20.4 Å². The zero-order valence-corrected chi connectivity index (χ0v) is 17.3. The Morgan fingerprint density at radius 3 is 2.53 bits per heavy atom. The van der Waals surface area contributed by atoms with Gasteiger partial charge in [-0.05, 0) is 37.6 Å². The maximum atomic E-state index is 5.39. The van der Waals surface area contributed by atoms with Gasteiger partial charge in [-0.2, -0.15) is 10.1 Å². The lowest BCUT2D eigenvalue weighted by atomic mass is 10.1. The van der Waals surface area contributed by atoms with Crippen LogP contribution in [0.5, 0.6) is 11.9 Å². The Bertz CT molecular complexity index is 1170. The van der Waals surface area contributed by atoms with Crippen molar-refractivity contribution in [2.24, 2.45) is 0 Å². The summed E-state index contributed by atoms with van der Waals surface area (Å²) in [4.78, 5) is 12.9. The molecule has 0 bridgehead atoms. The summed E-state index contributed by atoms with van der Waals surface area (Å²) in [5.41, 5.74) is 6.29. The van der Waals surface area contributed by atoms with E-state index in [0.717, 1.165) is 28.1 Å². The molecular weight excluding hydrogens is 380 g/mol. The lowest BCUT2D eigenvalue weighted by molar-refractivity contribution is 0.353. The van der Waals surface area contributed by atoms with Crippen LogP contribution in [-0.2, 0) is 6.54 Å². The molecule has 0 fully saturated rings. The number of ether oxygens (including phenoxy) is 2. The molecule has 4 aromatic rings. The first-order valence-electron chi connectivity index (χ1n) is 9.45. The molecule has 8 heteroatoms. The van der Waals surface area contributed by atoms with Gasteiger partial charge in [-0.25, -0.2) is 4.98 Å². The number of rotatable bonds is 6. The van der Waals surface area contributed by atoms with Gasteiger partial charge in [-0.3, -0.25) is 4.98 Å². The molecule has 8 nitrogen and oxygen atoms in total. The van der Waals surface area contributed by atoms with Gasteiger partial charge >= 0.3 is 6.01 Å². The Balaban J connectivity index is 1.66. The number of methoxy groups -OCH3 is 2. The highest BCUT2D eigenvalue weighted by Gasteiger charge is 2.15. The van der Waals surface area contributed by atoms with Gasteiger partial charge in [0.15, 0.2) is 0 Å². The van der Waals surface area contributed by atoms with Crippen LogP contribution in [-0.4, -0.2) is 43.9 Å². The van der Waals surface area contributed by atoms with Crippen LogP contribution < -0.4 is 9.47 Å². The molecule has 4 rings (SSSR count). The van der Waals surface area contributed by atoms with Gasteiger partial charge in [0.1, 0.15) is 5.69 Å². The van der Waals surface area contributed by atoms with Crippen molar-refractivity contribution in [1.82, 2.24) is 29.7 Å². The number of pyridine rings is 1. The molecule has 0 aliphatic carbocycles. The molecule has 0 aliphatic rings. The van der Waals surface area contributed by atoms with Crippen molar-refractivity contribution in [1.29, 1.82) is 0 Å². The molecule has 4 aromatic heterocycles. The van der Waals surface area contributed by atoms with Crippen molar-refractivity contribution in [3.05, 3.63) is 66.0 Å². The third kappa shape index (κ3) is 3.98. The Hall–Kier alpha value is -3.81. The Labute approximate surface area is 174 Å². The van der Waals surface area contributed by atoms with Crippen molar-refractivity contribution in [2.75, 3.05) is 14.2 Å². The van der Waals surface area contributed by atoms with E-state index < -0.39 is 0 Å². The number of hydrogen-bond donors (Lipinski definition) is 0. The largest absolute Gasteiger partial charge is 0.480 e. The maximum absolute atomic E-state index is 5.39. The van der Waals surface area contributed by atoms with E-state index in [9.17, 15) is 0 Å². The molecule has 0 atom stereocenters. The first kappa shape index (κ1) is 19.5. The smallest absolute Gasteiger partial charge is 0.319 e. The molecule has 0 radical (unpaired) electrons. The summed E-state index contributed by atoms with van der Waals surface area (Å²) in [5, 5.41) is 8.65. The Kier molecular flexibility index (Phi) is 5.38. The van der Waals surface area contributed by atoms with Crippen molar-refractivity contribution >= 4 is 0 Å². The summed E-state index contributed by atoms with van der Waals surface area (Å²) in [5.74, 6) is 0.383. The summed E-state index contributed by atoms with van der Waals surface area (Å²) in [6.45, 7) is 4.67. The highest BCUT2D eigenvalue weighted by molar-refractivity contribution is 5.73. The van der Waals surface area contributed by atoms with E-state index in [-0.39, 0.29) is 6.01 Å². The standard InChI is InChI=1S/C22H22N6O2/c1-14-5-6-17(23-10-14)13-28-8-7-16(12-28)18-9-20(27-26-15(18)2)19-11-24-22(30-4)25-21(19)29-3/h5-12H,13H2,1-4H3. The molecule has 4 heterocycles. The average Bonchev–Trinajstić information content (AvgIpc) is 3.23. The normalized spacial score (nSPS) is 10.8. The highest BCUT2D eigenvalue weighted by Crippen LogP contribution is 2.31. The maximum Gasteiger partial charge on any atom is 0.319 e. The van der Waals surface area contributed by atoms with Gasteiger partial charge < -0.3 is 14.0 Å². The first-order chi connectivity index (χ1) is 14.6. The lowest BCUT2D eigenvalue weighted by Gasteiger charge is -2.09. The summed E-state index contributed by atoms with van der Waals surface area (Å²) in [6.07, 6.45) is 7.62. The van der Waals surface area contributed by atoms with E-state index in [1.165, 1.54) is 7.11 Å². The molecule has 0 aromatic carbocycles. The summed E-state index contributed by atoms with van der Waals surface area (Å²) in [7, 11) is 3.06. The topological polar surface area (TPSA) is 87.8 Å². The van der Waals surface area contributed by atoms with Gasteiger partial charge in [0, 0.05) is 35.9 Å². The van der Waals surface area contributed by atoms with E-state index >= 15 is 0 Å². The molecule has 0 amide bonds. The fraction of sp³-hybridized carbons (Fsp3) is 0.227. The van der Waals surface area contributed by atoms with E-state index in [0.29, 0.717) is 23.7 Å². The molecule has 0 N–H and O–H groups in total. The fourth-order valence-corrected chi connectivity index (χ4v) is 3.13. The quantitative estimate of drug-likeness (QED) is 0.488. The van der Waals surface area contributed by atoms with Crippen LogP contribution in [0.3, 0.4) is 0 Å². The minimum Gasteiger partial charge on any atom is -0.480 e. The van der Waals surface area contributed by atoms with Crippen LogP contribution in [0, 0.1) is 13.8 Å². The summed E-state index contributed by atoms with van der Waals surface area (Å²) in [6, 6.07) is 8.38. The minimum absolute atomic E-state index is 0.234. The molecule has 0 spiro atoms. The monoisotopic (exact) mass is 402 g/mol. The number of nitrogens with zero attached hydrogens (tertiary/aromatic N) is 6. The predicted molar refractivity (Wildman–Crippen MR) is 112 cm³/mol. The zero-order chi connectivity index (χ0) is 21.1. The molecular formula is C22H22N6O2. The van der Waals surface area contributed by atoms with Gasteiger partial charge in [0.05, 0.1) is 37.7 Å². The molecule has 0 aliphatic heterocycles. The SMILES string of the molecule is COc1ncc(-c2cc(-c3ccn(Cc4ccc(C)cn4)c3)c(C)nn2)c(OC)n1. The summed E-state index contributed by atoms with van der Waals surface area (Å²) >= 11 is 0. The predicted octanol–water partition coefficient (Wildman–Crippen LogP) is 3.48. The van der Waals surface area contributed by atoms with E-state index in [2.05, 4.69) is 48.0 Å². The lowest BCUT2D eigenvalue weighted by Crippen LogP contribution is -2.00. The van der Waals surface area contributed by atoms with Crippen LogP contribution in [0.1, 0.15) is 17.0 Å².